The van der Waals surface area contributed by atoms with Gasteiger partial charge in [0.1, 0.15) is 23.9 Å². The number of aliphatic hydroxyl groups is 1. The van der Waals surface area contributed by atoms with E-state index in [1.807, 2.05) is 44.2 Å². The van der Waals surface area contributed by atoms with Crippen LogP contribution in [0.15, 0.2) is 54.6 Å². The van der Waals surface area contributed by atoms with Crippen molar-refractivity contribution in [3.05, 3.63) is 65.7 Å². The second-order valence-electron chi connectivity index (χ2n) is 11.7. The van der Waals surface area contributed by atoms with Crippen molar-refractivity contribution in [2.45, 2.75) is 63.8 Å². The maximum absolute atomic E-state index is 13.9. The van der Waals surface area contributed by atoms with E-state index >= 15 is 0 Å². The van der Waals surface area contributed by atoms with Gasteiger partial charge in [-0.05, 0) is 29.2 Å². The van der Waals surface area contributed by atoms with E-state index in [1.165, 1.54) is 16.9 Å². The minimum absolute atomic E-state index is 0.00493. The number of amides is 5. The first-order valence-electron chi connectivity index (χ1n) is 15.4. The number of ether oxygens (including phenoxy) is 1. The smallest absolute Gasteiger partial charge is 0.246 e. The number of nitrogens with zero attached hydrogens (tertiary/aromatic N) is 2. The van der Waals surface area contributed by atoms with Crippen molar-refractivity contribution in [3.63, 3.8) is 0 Å². The molecule has 0 aromatic heterocycles. The Morgan fingerprint density at radius 2 is 1.76 bits per heavy atom. The Labute approximate surface area is 263 Å². The molecule has 4 N–H and O–H groups in total. The Kier molecular flexibility index (Phi) is 11.5. The summed E-state index contributed by atoms with van der Waals surface area (Å²) in [5.41, 5.74) is 1.51. The van der Waals surface area contributed by atoms with E-state index < -0.39 is 47.9 Å². The van der Waals surface area contributed by atoms with Crippen LogP contribution in [0.5, 0.6) is 5.75 Å². The van der Waals surface area contributed by atoms with Crippen molar-refractivity contribution >= 4 is 29.5 Å². The molecule has 242 valence electrons. The number of fused-ring (bicyclic) bond motifs is 1. The fourth-order valence-corrected chi connectivity index (χ4v) is 5.69. The van der Waals surface area contributed by atoms with Crippen molar-refractivity contribution in [1.82, 2.24) is 25.8 Å². The first kappa shape index (κ1) is 33.4. The van der Waals surface area contributed by atoms with Gasteiger partial charge in [0.05, 0.1) is 26.2 Å². The van der Waals surface area contributed by atoms with Crippen molar-refractivity contribution < 1.29 is 33.8 Å². The second kappa shape index (κ2) is 15.5. The Morgan fingerprint density at radius 3 is 2.47 bits per heavy atom. The molecule has 0 unspecified atom stereocenters. The zero-order valence-corrected chi connectivity index (χ0v) is 26.0. The van der Waals surface area contributed by atoms with Crippen LogP contribution < -0.4 is 20.7 Å². The van der Waals surface area contributed by atoms with Gasteiger partial charge in [0.25, 0.3) is 0 Å². The summed E-state index contributed by atoms with van der Waals surface area (Å²) < 4.78 is 5.27. The molecule has 2 aliphatic rings. The molecule has 2 aliphatic heterocycles. The second-order valence-corrected chi connectivity index (χ2v) is 11.7. The molecule has 45 heavy (non-hydrogen) atoms. The summed E-state index contributed by atoms with van der Waals surface area (Å²) in [6.07, 6.45) is -0.199. The number of hydrogen-bond donors (Lipinski definition) is 4. The molecule has 5 atom stereocenters. The van der Waals surface area contributed by atoms with Gasteiger partial charge in [-0.2, -0.15) is 0 Å². The number of rotatable bonds is 7. The molecule has 12 heteroatoms. The lowest BCUT2D eigenvalue weighted by atomic mass is 9.97. The summed E-state index contributed by atoms with van der Waals surface area (Å²) in [6, 6.07) is 13.3. The molecule has 2 fully saturated rings. The van der Waals surface area contributed by atoms with Gasteiger partial charge >= 0.3 is 0 Å². The zero-order chi connectivity index (χ0) is 32.5. The third kappa shape index (κ3) is 8.81. The van der Waals surface area contributed by atoms with Gasteiger partial charge in [-0.15, -0.1) is 0 Å². The van der Waals surface area contributed by atoms with Gasteiger partial charge in [0, 0.05) is 32.5 Å². The molecule has 2 heterocycles. The van der Waals surface area contributed by atoms with Crippen LogP contribution in [0.25, 0.3) is 0 Å². The van der Waals surface area contributed by atoms with Crippen molar-refractivity contribution in [1.29, 1.82) is 0 Å². The van der Waals surface area contributed by atoms with E-state index in [0.29, 0.717) is 17.7 Å². The molecule has 2 aromatic rings. The first-order chi connectivity index (χ1) is 21.6. The monoisotopic (exact) mass is 621 g/mol. The summed E-state index contributed by atoms with van der Waals surface area (Å²) in [5, 5.41) is 18.9. The lowest BCUT2D eigenvalue weighted by molar-refractivity contribution is -0.143. The Balaban J connectivity index is 1.64. The predicted octanol–water partition coefficient (Wildman–Crippen LogP) is 0.416. The maximum atomic E-state index is 13.9. The first-order valence-corrected chi connectivity index (χ1v) is 15.4. The lowest BCUT2D eigenvalue weighted by Crippen LogP contribution is -2.58. The van der Waals surface area contributed by atoms with Crippen LogP contribution in [-0.2, 0) is 36.8 Å². The standard InChI is InChI=1S/C33H43N5O7/c1-4-21(2)30-33(44)38-19-24(39)18-27(38)32(43)35-26(16-22-9-6-5-7-10-22)31(42)34-13-14-37(20-28(40)36-30)29(41)17-23-11-8-12-25(15-23)45-3/h5-12,15,21,24,26-27,30,39H,4,13-14,16-20H2,1-3H3,(H,34,42)(H,35,43)(H,36,40)/t21-,24+,26-,27-,30-/m0/s1. The van der Waals surface area contributed by atoms with E-state index in [4.69, 9.17) is 4.74 Å². The van der Waals surface area contributed by atoms with Crippen LogP contribution in [0.3, 0.4) is 0 Å². The largest absolute Gasteiger partial charge is 0.497 e. The highest BCUT2D eigenvalue weighted by atomic mass is 16.5. The molecule has 2 aromatic carbocycles. The van der Waals surface area contributed by atoms with Crippen molar-refractivity contribution in [2.75, 3.05) is 33.3 Å². The fourth-order valence-electron chi connectivity index (χ4n) is 5.69. The Hall–Kier alpha value is -4.45. The maximum Gasteiger partial charge on any atom is 0.246 e. The van der Waals surface area contributed by atoms with Crippen LogP contribution in [0.4, 0.5) is 0 Å². The van der Waals surface area contributed by atoms with Crippen LogP contribution in [0.2, 0.25) is 0 Å². The van der Waals surface area contributed by atoms with Crippen molar-refractivity contribution in [3.8, 4) is 5.75 Å². The minimum atomic E-state index is -1.02. The fraction of sp³-hybridized carbons (Fsp3) is 0.485. The van der Waals surface area contributed by atoms with Gasteiger partial charge < -0.3 is 35.6 Å². The van der Waals surface area contributed by atoms with Crippen LogP contribution >= 0.6 is 0 Å². The summed E-state index contributed by atoms with van der Waals surface area (Å²) in [7, 11) is 1.53. The topological polar surface area (TPSA) is 157 Å². The summed E-state index contributed by atoms with van der Waals surface area (Å²) in [6.45, 7) is 3.34. The van der Waals surface area contributed by atoms with Gasteiger partial charge in [0.15, 0.2) is 0 Å². The summed E-state index contributed by atoms with van der Waals surface area (Å²) in [5.74, 6) is -2.13. The highest BCUT2D eigenvalue weighted by Gasteiger charge is 2.43. The third-order valence-electron chi connectivity index (χ3n) is 8.43. The van der Waals surface area contributed by atoms with Crippen LogP contribution in [0, 0.1) is 5.92 Å². The number of benzene rings is 2. The Morgan fingerprint density at radius 1 is 1.02 bits per heavy atom. The lowest BCUT2D eigenvalue weighted by Gasteiger charge is -2.32. The Bertz CT molecular complexity index is 1370. The third-order valence-corrected chi connectivity index (χ3v) is 8.43. The van der Waals surface area contributed by atoms with Gasteiger partial charge in [0.2, 0.25) is 29.5 Å². The van der Waals surface area contributed by atoms with E-state index in [1.54, 1.807) is 24.3 Å². The van der Waals surface area contributed by atoms with Gasteiger partial charge in [-0.1, -0.05) is 62.7 Å². The average Bonchev–Trinajstić information content (AvgIpc) is 3.43. The molecule has 5 amide bonds. The van der Waals surface area contributed by atoms with Crippen molar-refractivity contribution in [2.24, 2.45) is 5.92 Å². The molecular formula is C33H43N5O7. The quantitative estimate of drug-likeness (QED) is 0.349. The molecule has 0 aliphatic carbocycles. The van der Waals surface area contributed by atoms with Gasteiger partial charge in [-0.25, -0.2) is 0 Å². The summed E-state index contributed by atoms with van der Waals surface area (Å²) in [4.78, 5) is 70.5. The normalized spacial score (nSPS) is 24.0. The molecule has 0 saturated carbocycles. The zero-order valence-electron chi connectivity index (χ0n) is 26.0. The van der Waals surface area contributed by atoms with E-state index in [0.717, 1.165) is 5.56 Å². The number of methoxy groups -OCH3 is 1. The highest BCUT2D eigenvalue weighted by molar-refractivity contribution is 5.95. The molecule has 0 bridgehead atoms. The molecular weight excluding hydrogens is 578 g/mol. The number of carbonyl (C=O) groups excluding carboxylic acids is 5. The number of hydrogen-bond acceptors (Lipinski definition) is 7. The predicted molar refractivity (Wildman–Crippen MR) is 166 cm³/mol. The molecule has 12 nitrogen and oxygen atoms in total. The number of aliphatic hydroxyl groups excluding tert-OH is 1. The van der Waals surface area contributed by atoms with E-state index in [2.05, 4.69) is 16.0 Å². The molecule has 0 radical (unpaired) electrons. The number of carbonyl (C=O) groups is 5. The minimum Gasteiger partial charge on any atom is -0.497 e. The molecule has 4 rings (SSSR count). The van der Waals surface area contributed by atoms with E-state index in [9.17, 15) is 29.1 Å². The van der Waals surface area contributed by atoms with E-state index in [-0.39, 0.29) is 57.3 Å². The molecule has 2 saturated heterocycles. The number of nitrogens with one attached hydrogen (secondary N) is 3. The van der Waals surface area contributed by atoms with Gasteiger partial charge in [-0.3, -0.25) is 24.0 Å². The average molecular weight is 622 g/mol. The summed E-state index contributed by atoms with van der Waals surface area (Å²) >= 11 is 0. The SMILES string of the molecule is CC[C@H](C)[C@@H]1NC(=O)CN(C(=O)Cc2cccc(OC)c2)CCNC(=O)[C@H](Cc2ccccc2)NC(=O)[C@@H]2C[C@@H](O)CN2C1=O. The van der Waals surface area contributed by atoms with Crippen LogP contribution in [-0.4, -0.2) is 102 Å². The van der Waals surface area contributed by atoms with Crippen LogP contribution in [0.1, 0.15) is 37.8 Å². The molecule has 0 spiro atoms. The highest BCUT2D eigenvalue weighted by Crippen LogP contribution is 2.23.